The van der Waals surface area contributed by atoms with Gasteiger partial charge in [-0.05, 0) is 30.3 Å². The van der Waals surface area contributed by atoms with Crippen LogP contribution in [0, 0.1) is 0 Å². The van der Waals surface area contributed by atoms with Crippen LogP contribution in [0.25, 0.3) is 11.0 Å². The molecule has 3 aromatic rings. The average molecular weight is 386 g/mol. The Morgan fingerprint density at radius 1 is 1.08 bits per heavy atom. The molecule has 0 bridgehead atoms. The summed E-state index contributed by atoms with van der Waals surface area (Å²) in [5, 5.41) is 4.61. The predicted octanol–water partition coefficient (Wildman–Crippen LogP) is 2.54. The SMILES string of the molecule is NC(=O)c1cc2ccccc2oc1=NNC(=O)c1cccc(Br)c1. The number of carbonyl (C=O) groups excluding carboxylic acids is 2. The number of nitrogens with two attached hydrogens (primary N) is 1. The van der Waals surface area contributed by atoms with Gasteiger partial charge in [0, 0.05) is 15.4 Å². The van der Waals surface area contributed by atoms with E-state index in [0.717, 1.165) is 4.47 Å². The van der Waals surface area contributed by atoms with Crippen molar-refractivity contribution in [1.29, 1.82) is 0 Å². The summed E-state index contributed by atoms with van der Waals surface area (Å²) in [5.41, 5.74) is 8.70. The van der Waals surface area contributed by atoms with Gasteiger partial charge in [0.15, 0.2) is 0 Å². The Hall–Kier alpha value is -2.93. The maximum Gasteiger partial charge on any atom is 0.271 e. The van der Waals surface area contributed by atoms with E-state index in [1.54, 1.807) is 48.5 Å². The number of para-hydroxylation sites is 1. The molecule has 0 saturated heterocycles. The van der Waals surface area contributed by atoms with Crippen LogP contribution in [0.3, 0.4) is 0 Å². The van der Waals surface area contributed by atoms with Gasteiger partial charge in [-0.2, -0.15) is 0 Å². The van der Waals surface area contributed by atoms with E-state index in [0.29, 0.717) is 16.5 Å². The molecule has 0 aliphatic carbocycles. The van der Waals surface area contributed by atoms with E-state index in [9.17, 15) is 9.59 Å². The fourth-order valence-corrected chi connectivity index (χ4v) is 2.52. The number of fused-ring (bicyclic) bond motifs is 1. The molecule has 3 N–H and O–H groups in total. The van der Waals surface area contributed by atoms with Gasteiger partial charge in [0.25, 0.3) is 11.8 Å². The third-order valence-corrected chi connectivity index (χ3v) is 3.76. The molecule has 2 amide bonds. The Balaban J connectivity index is 2.01. The van der Waals surface area contributed by atoms with E-state index in [4.69, 9.17) is 10.2 Å². The van der Waals surface area contributed by atoms with E-state index in [-0.39, 0.29) is 11.1 Å². The van der Waals surface area contributed by atoms with Gasteiger partial charge < -0.3 is 10.2 Å². The Morgan fingerprint density at radius 2 is 1.88 bits per heavy atom. The molecule has 1 aromatic heterocycles. The summed E-state index contributed by atoms with van der Waals surface area (Å²) in [4.78, 5) is 23.7. The minimum absolute atomic E-state index is 0.0513. The van der Waals surface area contributed by atoms with Crippen molar-refractivity contribution in [2.75, 3.05) is 0 Å². The largest absolute Gasteiger partial charge is 0.436 e. The fraction of sp³-hybridized carbons (Fsp3) is 0. The van der Waals surface area contributed by atoms with E-state index >= 15 is 0 Å². The van der Waals surface area contributed by atoms with Gasteiger partial charge in [-0.3, -0.25) is 9.59 Å². The predicted molar refractivity (Wildman–Crippen MR) is 91.9 cm³/mol. The maximum absolute atomic E-state index is 12.1. The summed E-state index contributed by atoms with van der Waals surface area (Å²) in [5.74, 6) is -1.13. The zero-order chi connectivity index (χ0) is 17.1. The van der Waals surface area contributed by atoms with Crippen molar-refractivity contribution in [3.63, 3.8) is 0 Å². The molecule has 0 atom stereocenters. The van der Waals surface area contributed by atoms with Crippen LogP contribution in [-0.4, -0.2) is 11.8 Å². The van der Waals surface area contributed by atoms with Crippen LogP contribution in [0.2, 0.25) is 0 Å². The van der Waals surface area contributed by atoms with E-state index in [2.05, 4.69) is 26.5 Å². The number of primary amides is 1. The Morgan fingerprint density at radius 3 is 2.62 bits per heavy atom. The van der Waals surface area contributed by atoms with Crippen LogP contribution in [0.5, 0.6) is 0 Å². The van der Waals surface area contributed by atoms with Crippen molar-refractivity contribution < 1.29 is 14.0 Å². The minimum Gasteiger partial charge on any atom is -0.436 e. The second kappa shape index (κ2) is 6.67. The van der Waals surface area contributed by atoms with Gasteiger partial charge in [-0.15, -0.1) is 5.10 Å². The molecule has 0 aliphatic rings. The third-order valence-electron chi connectivity index (χ3n) is 3.27. The Labute approximate surface area is 145 Å². The molecule has 0 spiro atoms. The number of halogens is 1. The third kappa shape index (κ3) is 3.36. The zero-order valence-electron chi connectivity index (χ0n) is 12.3. The summed E-state index contributed by atoms with van der Waals surface area (Å²) in [6.07, 6.45) is 0. The van der Waals surface area contributed by atoms with Crippen LogP contribution in [0.4, 0.5) is 0 Å². The summed E-state index contributed by atoms with van der Waals surface area (Å²) < 4.78 is 6.34. The molecule has 3 rings (SSSR count). The van der Waals surface area contributed by atoms with Crippen LogP contribution in [0.1, 0.15) is 20.7 Å². The van der Waals surface area contributed by atoms with E-state index < -0.39 is 11.8 Å². The quantitative estimate of drug-likeness (QED) is 0.677. The molecule has 0 radical (unpaired) electrons. The number of rotatable bonds is 3. The van der Waals surface area contributed by atoms with Gasteiger partial charge in [-0.25, -0.2) is 5.43 Å². The monoisotopic (exact) mass is 385 g/mol. The first-order valence-electron chi connectivity index (χ1n) is 6.97. The maximum atomic E-state index is 12.1. The number of carbonyl (C=O) groups is 2. The van der Waals surface area contributed by atoms with Crippen molar-refractivity contribution in [3.8, 4) is 0 Å². The van der Waals surface area contributed by atoms with Crippen molar-refractivity contribution in [2.24, 2.45) is 10.8 Å². The molecule has 0 aliphatic heterocycles. The molecule has 0 unspecified atom stereocenters. The number of nitrogens with zero attached hydrogens (tertiary/aromatic N) is 1. The number of nitrogens with one attached hydrogen (secondary N) is 1. The van der Waals surface area contributed by atoms with Crippen molar-refractivity contribution in [3.05, 3.63) is 75.8 Å². The number of amides is 2. The van der Waals surface area contributed by atoms with Crippen molar-refractivity contribution in [1.82, 2.24) is 5.43 Å². The highest BCUT2D eigenvalue weighted by Gasteiger charge is 2.10. The molecule has 24 heavy (non-hydrogen) atoms. The molecule has 0 fully saturated rings. The summed E-state index contributed by atoms with van der Waals surface area (Å²) >= 11 is 3.29. The normalized spacial score (nSPS) is 11.5. The highest BCUT2D eigenvalue weighted by atomic mass is 79.9. The molecule has 1 heterocycles. The molecule has 7 heteroatoms. The highest BCUT2D eigenvalue weighted by molar-refractivity contribution is 9.10. The summed E-state index contributed by atoms with van der Waals surface area (Å²) in [7, 11) is 0. The Kier molecular flexibility index (Phi) is 4.43. The van der Waals surface area contributed by atoms with Crippen LogP contribution in [-0.2, 0) is 0 Å². The van der Waals surface area contributed by atoms with Gasteiger partial charge >= 0.3 is 0 Å². The topological polar surface area (TPSA) is 97.7 Å². The lowest BCUT2D eigenvalue weighted by Crippen LogP contribution is -2.27. The lowest BCUT2D eigenvalue weighted by atomic mass is 10.2. The average Bonchev–Trinajstić information content (AvgIpc) is 2.58. The lowest BCUT2D eigenvalue weighted by molar-refractivity contribution is 0.0946. The smallest absolute Gasteiger partial charge is 0.271 e. The molecular weight excluding hydrogens is 374 g/mol. The van der Waals surface area contributed by atoms with Crippen LogP contribution in [0.15, 0.2) is 68.6 Å². The highest BCUT2D eigenvalue weighted by Crippen LogP contribution is 2.13. The zero-order valence-corrected chi connectivity index (χ0v) is 13.9. The Bertz CT molecular complexity index is 1010. The molecule has 0 saturated carbocycles. The van der Waals surface area contributed by atoms with E-state index in [1.165, 1.54) is 0 Å². The first-order chi connectivity index (χ1) is 11.5. The molecule has 6 nitrogen and oxygen atoms in total. The number of hydrogen-bond acceptors (Lipinski definition) is 4. The van der Waals surface area contributed by atoms with E-state index in [1.807, 2.05) is 6.07 Å². The van der Waals surface area contributed by atoms with Gasteiger partial charge in [0.05, 0.1) is 0 Å². The van der Waals surface area contributed by atoms with Crippen LogP contribution >= 0.6 is 15.9 Å². The van der Waals surface area contributed by atoms with Crippen molar-refractivity contribution >= 4 is 38.7 Å². The second-order valence-corrected chi connectivity index (χ2v) is 5.85. The first kappa shape index (κ1) is 15.9. The van der Waals surface area contributed by atoms with Gasteiger partial charge in [-0.1, -0.05) is 40.2 Å². The van der Waals surface area contributed by atoms with Crippen molar-refractivity contribution in [2.45, 2.75) is 0 Å². The van der Waals surface area contributed by atoms with Gasteiger partial charge in [0.1, 0.15) is 11.1 Å². The first-order valence-corrected chi connectivity index (χ1v) is 7.76. The molecule has 120 valence electrons. The lowest BCUT2D eigenvalue weighted by Gasteiger charge is -2.03. The summed E-state index contributed by atoms with van der Waals surface area (Å²) in [6.45, 7) is 0. The second-order valence-electron chi connectivity index (χ2n) is 4.93. The minimum atomic E-state index is -0.694. The number of benzene rings is 2. The van der Waals surface area contributed by atoms with Gasteiger partial charge in [0.2, 0.25) is 5.55 Å². The number of hydrogen-bond donors (Lipinski definition) is 2. The molecular formula is C17H12BrN3O3. The summed E-state index contributed by atoms with van der Waals surface area (Å²) in [6, 6.07) is 15.5. The van der Waals surface area contributed by atoms with Crippen LogP contribution < -0.4 is 16.7 Å². The standard InChI is InChI=1S/C17H12BrN3O3/c18-12-6-3-5-11(8-12)16(23)20-21-17-13(15(19)22)9-10-4-1-2-7-14(10)24-17/h1-9H,(H2,19,22)(H,20,23). The molecule has 2 aromatic carbocycles. The fourth-order valence-electron chi connectivity index (χ4n) is 2.12.